The molecule has 2 aromatic rings. The second-order valence-corrected chi connectivity index (χ2v) is 10.5. The van der Waals surface area contributed by atoms with Crippen LogP contribution in [-0.2, 0) is 28.1 Å². The number of ether oxygens (including phenoxy) is 3. The molecular weight excluding hydrogens is 497 g/mol. The lowest BCUT2D eigenvalue weighted by atomic mass is 10.0. The number of fused-ring (bicyclic) bond motifs is 2. The molecular formula is C22H28N3O10P. The fourth-order valence-corrected chi connectivity index (χ4v) is 5.44. The molecule has 14 heteroatoms. The minimum atomic E-state index is -4.23. The topological polar surface area (TPSA) is 167 Å². The first kappa shape index (κ1) is 26.3. The number of rotatable bonds is 10. The van der Waals surface area contributed by atoms with Crippen LogP contribution in [-0.4, -0.2) is 63.8 Å². The lowest BCUT2D eigenvalue weighted by Crippen LogP contribution is -2.46. The molecule has 3 N–H and O–H groups in total. The largest absolute Gasteiger partial charge is 0.462 e. The monoisotopic (exact) mass is 525 g/mol. The second kappa shape index (κ2) is 10.3. The van der Waals surface area contributed by atoms with Gasteiger partial charge in [0.25, 0.3) is 5.56 Å². The summed E-state index contributed by atoms with van der Waals surface area (Å²) in [5, 5.41) is 13.4. The molecule has 0 aliphatic carbocycles. The van der Waals surface area contributed by atoms with Crippen molar-refractivity contribution in [2.75, 3.05) is 13.2 Å². The van der Waals surface area contributed by atoms with E-state index in [4.69, 9.17) is 23.3 Å². The van der Waals surface area contributed by atoms with Crippen LogP contribution in [0.4, 0.5) is 0 Å². The summed E-state index contributed by atoms with van der Waals surface area (Å²) in [6.07, 6.45) is -2.43. The van der Waals surface area contributed by atoms with E-state index in [9.17, 15) is 24.1 Å². The molecule has 3 heterocycles. The highest BCUT2D eigenvalue weighted by Gasteiger charge is 2.62. The van der Waals surface area contributed by atoms with Crippen LogP contribution < -0.4 is 20.9 Å². The van der Waals surface area contributed by atoms with E-state index < -0.39 is 61.7 Å². The summed E-state index contributed by atoms with van der Waals surface area (Å²) in [5.41, 5.74) is -2.83. The summed E-state index contributed by atoms with van der Waals surface area (Å²) in [6, 6.07) is 8.26. The molecule has 6 atom stereocenters. The van der Waals surface area contributed by atoms with E-state index in [2.05, 4.69) is 10.1 Å². The lowest BCUT2D eigenvalue weighted by Gasteiger charge is -2.32. The number of nitrogens with zero attached hydrogens (tertiary/aromatic N) is 1. The minimum absolute atomic E-state index is 0.121. The molecule has 1 aromatic heterocycles. The Balaban J connectivity index is 1.54. The molecule has 0 spiro atoms. The maximum Gasteiger partial charge on any atom is 0.459 e. The van der Waals surface area contributed by atoms with Crippen LogP contribution >= 0.6 is 7.75 Å². The third-order valence-corrected chi connectivity index (χ3v) is 7.26. The number of esters is 1. The molecule has 2 aliphatic rings. The van der Waals surface area contributed by atoms with Gasteiger partial charge in [0.15, 0.2) is 6.23 Å². The highest BCUT2D eigenvalue weighted by molar-refractivity contribution is 7.52. The molecule has 0 radical (unpaired) electrons. The highest BCUT2D eigenvalue weighted by Crippen LogP contribution is 2.50. The number of nitrogens with one attached hydrogen (secondary N) is 2. The number of aliphatic hydroxyl groups is 1. The predicted octanol–water partition coefficient (Wildman–Crippen LogP) is 0.697. The number of hydrogen-bond donors (Lipinski definition) is 3. The van der Waals surface area contributed by atoms with Crippen molar-refractivity contribution in [3.05, 3.63) is 63.4 Å². The zero-order chi connectivity index (χ0) is 26.1. The predicted molar refractivity (Wildman–Crippen MR) is 124 cm³/mol. The third-order valence-electron chi connectivity index (χ3n) is 5.64. The van der Waals surface area contributed by atoms with Crippen LogP contribution in [0.1, 0.15) is 27.0 Å². The number of aromatic amines is 1. The normalized spacial score (nSPS) is 27.5. The number of carbonyl (C=O) groups is 1. The molecule has 2 bridgehead atoms. The first-order valence-corrected chi connectivity index (χ1v) is 12.8. The Morgan fingerprint density at radius 2 is 2.00 bits per heavy atom. The van der Waals surface area contributed by atoms with Crippen LogP contribution in [0.5, 0.6) is 5.75 Å². The molecule has 2 fully saturated rings. The van der Waals surface area contributed by atoms with Crippen molar-refractivity contribution in [3.8, 4) is 5.75 Å². The fraction of sp³-hybridized carbons (Fsp3) is 0.500. The van der Waals surface area contributed by atoms with Crippen LogP contribution in [0.15, 0.2) is 52.2 Å². The highest BCUT2D eigenvalue weighted by atomic mass is 31.2. The SMILES string of the molecule is CC(C)OC(=O)[C@@H](C)NP(=O)(OC[C@@]12CO[C@@H](C(n3ccc(=O)[nH]c3=O)O1)[C@@H]2O)Oc1ccccc1. The Kier molecular flexibility index (Phi) is 7.51. The van der Waals surface area contributed by atoms with E-state index >= 15 is 0 Å². The van der Waals surface area contributed by atoms with Gasteiger partial charge in [-0.05, 0) is 32.9 Å². The maximum absolute atomic E-state index is 13.7. The van der Waals surface area contributed by atoms with E-state index in [0.29, 0.717) is 0 Å². The quantitative estimate of drug-likeness (QED) is 0.295. The van der Waals surface area contributed by atoms with Gasteiger partial charge >= 0.3 is 19.4 Å². The van der Waals surface area contributed by atoms with Crippen LogP contribution in [0.2, 0.25) is 0 Å². The number of para-hydroxylation sites is 1. The van der Waals surface area contributed by atoms with Gasteiger partial charge in [0.2, 0.25) is 0 Å². The van der Waals surface area contributed by atoms with Gasteiger partial charge < -0.3 is 23.8 Å². The standard InChI is InChI=1S/C22H28N3O10P/c1-13(2)33-20(28)14(3)24-36(30,35-15-7-5-4-6-8-15)32-12-22-11-31-17(18(22)27)19(34-22)25-10-9-16(26)23-21(25)29/h4-10,13-14,17-19,27H,11-12H2,1-3H3,(H,24,30)(H,23,26,29)/t14-,17-,18+,19?,22-,36?/m1/s1. The van der Waals surface area contributed by atoms with Crippen molar-refractivity contribution in [1.82, 2.24) is 14.6 Å². The average molecular weight is 525 g/mol. The molecule has 0 amide bonds. The molecule has 2 saturated heterocycles. The summed E-state index contributed by atoms with van der Waals surface area (Å²) in [5.74, 6) is -0.455. The molecule has 1 aromatic carbocycles. The summed E-state index contributed by atoms with van der Waals surface area (Å²) in [6.45, 7) is 4.22. The Labute approximate surface area is 205 Å². The summed E-state index contributed by atoms with van der Waals surface area (Å²) in [4.78, 5) is 38.1. The average Bonchev–Trinajstić information content (AvgIpc) is 3.27. The molecule has 196 valence electrons. The van der Waals surface area contributed by atoms with Crippen molar-refractivity contribution >= 4 is 13.7 Å². The summed E-state index contributed by atoms with van der Waals surface area (Å²) >= 11 is 0. The van der Waals surface area contributed by atoms with E-state index in [1.165, 1.54) is 13.1 Å². The Morgan fingerprint density at radius 1 is 1.28 bits per heavy atom. The van der Waals surface area contributed by atoms with E-state index in [0.717, 1.165) is 10.6 Å². The summed E-state index contributed by atoms with van der Waals surface area (Å²) < 4.78 is 42.8. The van der Waals surface area contributed by atoms with E-state index in [1.54, 1.807) is 44.2 Å². The Hall–Kier alpha value is -2.80. The fourth-order valence-electron chi connectivity index (χ4n) is 3.90. The van der Waals surface area contributed by atoms with Gasteiger partial charge in [0.1, 0.15) is 29.6 Å². The van der Waals surface area contributed by atoms with E-state index in [1.807, 2.05) is 0 Å². The number of aliphatic hydroxyl groups excluding tert-OH is 1. The number of aromatic nitrogens is 2. The molecule has 0 saturated carbocycles. The van der Waals surface area contributed by atoms with Gasteiger partial charge in [0.05, 0.1) is 19.3 Å². The molecule has 2 aliphatic heterocycles. The molecule has 13 nitrogen and oxygen atoms in total. The third kappa shape index (κ3) is 5.46. The molecule has 2 unspecified atom stereocenters. The van der Waals surface area contributed by atoms with Crippen molar-refractivity contribution in [2.24, 2.45) is 0 Å². The van der Waals surface area contributed by atoms with Gasteiger partial charge in [-0.2, -0.15) is 5.09 Å². The Morgan fingerprint density at radius 3 is 2.67 bits per heavy atom. The van der Waals surface area contributed by atoms with Crippen molar-refractivity contribution < 1.29 is 37.7 Å². The molecule has 4 rings (SSSR count). The Bertz CT molecular complexity index is 1250. The van der Waals surface area contributed by atoms with Gasteiger partial charge in [-0.25, -0.2) is 9.36 Å². The number of benzene rings is 1. The van der Waals surface area contributed by atoms with Gasteiger partial charge in [0, 0.05) is 12.3 Å². The van der Waals surface area contributed by atoms with Gasteiger partial charge in [-0.3, -0.25) is 23.7 Å². The zero-order valence-corrected chi connectivity index (χ0v) is 20.8. The van der Waals surface area contributed by atoms with E-state index in [-0.39, 0.29) is 18.5 Å². The first-order valence-electron chi connectivity index (χ1n) is 11.3. The van der Waals surface area contributed by atoms with Crippen molar-refractivity contribution in [1.29, 1.82) is 0 Å². The summed E-state index contributed by atoms with van der Waals surface area (Å²) in [7, 11) is -4.23. The van der Waals surface area contributed by atoms with Crippen molar-refractivity contribution in [2.45, 2.75) is 57.0 Å². The minimum Gasteiger partial charge on any atom is -0.462 e. The number of hydrogen-bond acceptors (Lipinski definition) is 10. The number of H-pyrrole nitrogens is 1. The first-order chi connectivity index (χ1) is 17.0. The van der Waals surface area contributed by atoms with Crippen LogP contribution in [0, 0.1) is 0 Å². The number of carbonyl (C=O) groups excluding carboxylic acids is 1. The van der Waals surface area contributed by atoms with Gasteiger partial charge in [-0.1, -0.05) is 18.2 Å². The molecule has 36 heavy (non-hydrogen) atoms. The van der Waals surface area contributed by atoms with Crippen LogP contribution in [0.25, 0.3) is 0 Å². The zero-order valence-electron chi connectivity index (χ0n) is 19.9. The maximum atomic E-state index is 13.7. The van der Waals surface area contributed by atoms with Gasteiger partial charge in [-0.15, -0.1) is 0 Å². The van der Waals surface area contributed by atoms with Crippen LogP contribution in [0.3, 0.4) is 0 Å². The lowest BCUT2D eigenvalue weighted by molar-refractivity contribution is -0.185. The van der Waals surface area contributed by atoms with Crippen molar-refractivity contribution in [3.63, 3.8) is 0 Å². The smallest absolute Gasteiger partial charge is 0.459 e. The second-order valence-electron chi connectivity index (χ2n) is 8.82.